The third kappa shape index (κ3) is 1.98. The smallest absolute Gasteiger partial charge is 0.316 e. The van der Waals surface area contributed by atoms with Gasteiger partial charge < -0.3 is 9.47 Å². The van der Waals surface area contributed by atoms with Crippen LogP contribution in [0.4, 0.5) is 0 Å². The molecule has 0 spiro atoms. The Bertz CT molecular complexity index is 630. The lowest BCUT2D eigenvalue weighted by molar-refractivity contribution is -0.153. The SMILES string of the molecule is COC(=O)[C@@]12CCCC(C)(C)[C@@H]1C=Cc1ccc(OC)cc12. The van der Waals surface area contributed by atoms with Gasteiger partial charge >= 0.3 is 5.97 Å². The number of hydrogen-bond donors (Lipinski definition) is 0. The summed E-state index contributed by atoms with van der Waals surface area (Å²) in [6, 6.07) is 6.00. The summed E-state index contributed by atoms with van der Waals surface area (Å²) < 4.78 is 10.7. The van der Waals surface area contributed by atoms with Crippen LogP contribution >= 0.6 is 0 Å². The van der Waals surface area contributed by atoms with Crippen LogP contribution in [0.25, 0.3) is 6.08 Å². The quantitative estimate of drug-likeness (QED) is 0.776. The molecule has 0 unspecified atom stereocenters. The van der Waals surface area contributed by atoms with Crippen LogP contribution < -0.4 is 4.74 Å². The molecule has 2 aliphatic carbocycles. The molecule has 0 aliphatic heterocycles. The van der Waals surface area contributed by atoms with E-state index in [1.807, 2.05) is 18.2 Å². The highest BCUT2D eigenvalue weighted by Crippen LogP contribution is 2.56. The van der Waals surface area contributed by atoms with Gasteiger partial charge in [-0.15, -0.1) is 0 Å². The monoisotopic (exact) mass is 300 g/mol. The van der Waals surface area contributed by atoms with Gasteiger partial charge in [0.2, 0.25) is 0 Å². The Kier molecular flexibility index (Phi) is 3.54. The first-order chi connectivity index (χ1) is 10.5. The van der Waals surface area contributed by atoms with Crippen molar-refractivity contribution in [3.8, 4) is 5.75 Å². The maximum atomic E-state index is 12.9. The van der Waals surface area contributed by atoms with E-state index < -0.39 is 5.41 Å². The van der Waals surface area contributed by atoms with Crippen molar-refractivity contribution in [3.05, 3.63) is 35.4 Å². The zero-order chi connectivity index (χ0) is 16.0. The zero-order valence-corrected chi connectivity index (χ0v) is 13.8. The van der Waals surface area contributed by atoms with Gasteiger partial charge in [0, 0.05) is 5.92 Å². The number of rotatable bonds is 2. The van der Waals surface area contributed by atoms with Crippen molar-refractivity contribution >= 4 is 12.0 Å². The van der Waals surface area contributed by atoms with Crippen LogP contribution in [0.5, 0.6) is 5.75 Å². The topological polar surface area (TPSA) is 35.5 Å². The summed E-state index contributed by atoms with van der Waals surface area (Å²) in [6.07, 6.45) is 7.35. The zero-order valence-electron chi connectivity index (χ0n) is 13.8. The molecular weight excluding hydrogens is 276 g/mol. The van der Waals surface area contributed by atoms with Crippen LogP contribution in [0.15, 0.2) is 24.3 Å². The van der Waals surface area contributed by atoms with Crippen molar-refractivity contribution in [1.29, 1.82) is 0 Å². The largest absolute Gasteiger partial charge is 0.497 e. The molecule has 0 heterocycles. The first-order valence-corrected chi connectivity index (χ1v) is 7.91. The Labute approximate surface area is 132 Å². The Balaban J connectivity index is 2.25. The Morgan fingerprint density at radius 1 is 1.23 bits per heavy atom. The molecule has 1 fully saturated rings. The van der Waals surface area contributed by atoms with Gasteiger partial charge in [-0.2, -0.15) is 0 Å². The van der Waals surface area contributed by atoms with Gasteiger partial charge in [0.05, 0.1) is 14.2 Å². The fourth-order valence-electron chi connectivity index (χ4n) is 4.44. The van der Waals surface area contributed by atoms with E-state index in [4.69, 9.17) is 9.47 Å². The lowest BCUT2D eigenvalue weighted by Crippen LogP contribution is -2.53. The van der Waals surface area contributed by atoms with E-state index in [9.17, 15) is 4.79 Å². The molecule has 2 aliphatic rings. The number of esters is 1. The van der Waals surface area contributed by atoms with E-state index in [1.165, 1.54) is 7.11 Å². The van der Waals surface area contributed by atoms with E-state index in [2.05, 4.69) is 26.0 Å². The Hall–Kier alpha value is -1.77. The molecule has 3 heteroatoms. The molecule has 0 bridgehead atoms. The summed E-state index contributed by atoms with van der Waals surface area (Å²) in [4.78, 5) is 12.9. The lowest BCUT2D eigenvalue weighted by Gasteiger charge is -2.51. The Morgan fingerprint density at radius 2 is 2.00 bits per heavy atom. The van der Waals surface area contributed by atoms with Crippen LogP contribution in [-0.4, -0.2) is 20.2 Å². The third-order valence-corrected chi connectivity index (χ3v) is 5.52. The van der Waals surface area contributed by atoms with Crippen LogP contribution in [0, 0.1) is 11.3 Å². The van der Waals surface area contributed by atoms with E-state index in [1.54, 1.807) is 7.11 Å². The molecule has 0 aromatic heterocycles. The van der Waals surface area contributed by atoms with Gasteiger partial charge in [-0.05, 0) is 41.5 Å². The van der Waals surface area contributed by atoms with Crippen molar-refractivity contribution in [2.75, 3.05) is 14.2 Å². The minimum atomic E-state index is -0.588. The second-order valence-electron chi connectivity index (χ2n) is 7.10. The fourth-order valence-corrected chi connectivity index (χ4v) is 4.44. The predicted octanol–water partition coefficient (Wildman–Crippen LogP) is 3.96. The molecule has 1 aromatic rings. The van der Waals surface area contributed by atoms with Crippen LogP contribution in [-0.2, 0) is 14.9 Å². The van der Waals surface area contributed by atoms with Crippen LogP contribution in [0.1, 0.15) is 44.2 Å². The summed E-state index contributed by atoms with van der Waals surface area (Å²) in [7, 11) is 3.15. The standard InChI is InChI=1S/C19H24O3/c1-18(2)10-5-11-19(17(20)22-4)15-12-14(21-3)8-6-13(15)7-9-16(18)19/h6-9,12,16H,5,10-11H2,1-4H3/t16-,19+/m0/s1. The van der Waals surface area contributed by atoms with Crippen molar-refractivity contribution in [2.24, 2.45) is 11.3 Å². The number of carbonyl (C=O) groups is 1. The number of carbonyl (C=O) groups excluding carboxylic acids is 1. The van der Waals surface area contributed by atoms with E-state index in [0.29, 0.717) is 0 Å². The summed E-state index contributed by atoms with van der Waals surface area (Å²) >= 11 is 0. The summed E-state index contributed by atoms with van der Waals surface area (Å²) in [6.45, 7) is 4.51. The second kappa shape index (κ2) is 5.15. The van der Waals surface area contributed by atoms with E-state index in [-0.39, 0.29) is 17.3 Å². The van der Waals surface area contributed by atoms with Gasteiger partial charge in [0.1, 0.15) is 11.2 Å². The fraction of sp³-hybridized carbons (Fsp3) is 0.526. The van der Waals surface area contributed by atoms with Crippen LogP contribution in [0.2, 0.25) is 0 Å². The molecule has 1 saturated carbocycles. The molecule has 0 amide bonds. The van der Waals surface area contributed by atoms with Crippen molar-refractivity contribution in [3.63, 3.8) is 0 Å². The molecule has 118 valence electrons. The summed E-state index contributed by atoms with van der Waals surface area (Å²) in [5.74, 6) is 0.824. The number of hydrogen-bond acceptors (Lipinski definition) is 3. The van der Waals surface area contributed by atoms with Gasteiger partial charge in [-0.25, -0.2) is 0 Å². The summed E-state index contributed by atoms with van der Waals surface area (Å²) in [5, 5.41) is 0. The van der Waals surface area contributed by atoms with Crippen molar-refractivity contribution in [2.45, 2.75) is 38.5 Å². The molecule has 0 radical (unpaired) electrons. The van der Waals surface area contributed by atoms with Crippen molar-refractivity contribution < 1.29 is 14.3 Å². The minimum Gasteiger partial charge on any atom is -0.497 e. The van der Waals surface area contributed by atoms with Gasteiger partial charge in [0.25, 0.3) is 0 Å². The normalized spacial score (nSPS) is 28.5. The lowest BCUT2D eigenvalue weighted by atomic mass is 9.51. The Morgan fingerprint density at radius 3 is 2.68 bits per heavy atom. The highest BCUT2D eigenvalue weighted by Gasteiger charge is 2.56. The highest BCUT2D eigenvalue weighted by atomic mass is 16.5. The number of methoxy groups -OCH3 is 2. The highest BCUT2D eigenvalue weighted by molar-refractivity contribution is 5.88. The average molecular weight is 300 g/mol. The maximum absolute atomic E-state index is 12.9. The molecule has 0 N–H and O–H groups in total. The number of ether oxygens (including phenoxy) is 2. The van der Waals surface area contributed by atoms with Gasteiger partial charge in [-0.3, -0.25) is 4.79 Å². The van der Waals surface area contributed by atoms with Crippen molar-refractivity contribution in [1.82, 2.24) is 0 Å². The number of benzene rings is 1. The molecule has 3 rings (SSSR count). The minimum absolute atomic E-state index is 0.0731. The molecule has 0 saturated heterocycles. The number of allylic oxidation sites excluding steroid dienone is 1. The maximum Gasteiger partial charge on any atom is 0.316 e. The average Bonchev–Trinajstić information content (AvgIpc) is 2.52. The molecule has 2 atom stereocenters. The molecule has 3 nitrogen and oxygen atoms in total. The second-order valence-corrected chi connectivity index (χ2v) is 7.10. The molecule has 22 heavy (non-hydrogen) atoms. The molecule has 1 aromatic carbocycles. The number of fused-ring (bicyclic) bond motifs is 3. The third-order valence-electron chi connectivity index (χ3n) is 5.52. The van der Waals surface area contributed by atoms with Crippen LogP contribution in [0.3, 0.4) is 0 Å². The molecular formula is C19H24O3. The summed E-state index contributed by atoms with van der Waals surface area (Å²) in [5.41, 5.74) is 1.64. The first kappa shape index (κ1) is 15.1. The van der Waals surface area contributed by atoms with Gasteiger partial charge in [0.15, 0.2) is 0 Å². The predicted molar refractivity (Wildman–Crippen MR) is 86.8 cm³/mol. The van der Waals surface area contributed by atoms with Gasteiger partial charge in [-0.1, -0.05) is 38.5 Å². The van der Waals surface area contributed by atoms with E-state index in [0.717, 1.165) is 36.1 Å². The first-order valence-electron chi connectivity index (χ1n) is 7.91. The van der Waals surface area contributed by atoms with E-state index >= 15 is 0 Å².